The van der Waals surface area contributed by atoms with Crippen molar-refractivity contribution in [2.24, 2.45) is 0 Å². The second kappa shape index (κ2) is 6.16. The SMILES string of the molecule is CC(C)c1cc(N2C(=O)CN(Cc3cc(Cl)ccc3O)C2=O)no1. The Balaban J connectivity index is 1.82. The van der Waals surface area contributed by atoms with Gasteiger partial charge in [0.1, 0.15) is 18.1 Å². The number of phenols is 1. The lowest BCUT2D eigenvalue weighted by Crippen LogP contribution is -2.33. The van der Waals surface area contributed by atoms with Gasteiger partial charge < -0.3 is 14.5 Å². The Bertz CT molecular complexity index is 802. The third-order valence-electron chi connectivity index (χ3n) is 3.75. The Labute approximate surface area is 143 Å². The van der Waals surface area contributed by atoms with E-state index in [0.29, 0.717) is 16.3 Å². The van der Waals surface area contributed by atoms with E-state index in [4.69, 9.17) is 16.1 Å². The van der Waals surface area contributed by atoms with Crippen molar-refractivity contribution < 1.29 is 19.2 Å². The van der Waals surface area contributed by atoms with Crippen LogP contribution < -0.4 is 4.90 Å². The minimum Gasteiger partial charge on any atom is -0.508 e. The number of aromatic nitrogens is 1. The predicted molar refractivity (Wildman–Crippen MR) is 87.0 cm³/mol. The molecule has 2 aromatic rings. The lowest BCUT2D eigenvalue weighted by molar-refractivity contribution is -0.116. The molecule has 0 saturated carbocycles. The average molecular weight is 350 g/mol. The topological polar surface area (TPSA) is 86.9 Å². The fourth-order valence-electron chi connectivity index (χ4n) is 2.44. The van der Waals surface area contributed by atoms with Crippen molar-refractivity contribution in [2.75, 3.05) is 11.4 Å². The van der Waals surface area contributed by atoms with Crippen LogP contribution in [-0.4, -0.2) is 33.6 Å². The first-order chi connectivity index (χ1) is 11.4. The summed E-state index contributed by atoms with van der Waals surface area (Å²) in [5.74, 6) is 0.480. The zero-order chi connectivity index (χ0) is 17.4. The van der Waals surface area contributed by atoms with Gasteiger partial charge in [-0.25, -0.2) is 9.69 Å². The van der Waals surface area contributed by atoms with Crippen LogP contribution in [0.2, 0.25) is 5.02 Å². The number of imide groups is 1. The quantitative estimate of drug-likeness (QED) is 0.857. The third kappa shape index (κ3) is 2.94. The lowest BCUT2D eigenvalue weighted by Gasteiger charge is -2.16. The number of nitrogens with zero attached hydrogens (tertiary/aromatic N) is 3. The second-order valence-electron chi connectivity index (χ2n) is 5.88. The minimum absolute atomic E-state index is 0.0154. The van der Waals surface area contributed by atoms with Crippen LogP contribution in [0.4, 0.5) is 10.6 Å². The van der Waals surface area contributed by atoms with E-state index in [1.54, 1.807) is 18.2 Å². The molecular weight excluding hydrogens is 334 g/mol. The van der Waals surface area contributed by atoms with Crippen molar-refractivity contribution in [3.8, 4) is 5.75 Å². The first kappa shape index (κ1) is 16.3. The largest absolute Gasteiger partial charge is 0.508 e. The van der Waals surface area contributed by atoms with Crippen molar-refractivity contribution >= 4 is 29.4 Å². The standard InChI is InChI=1S/C16H16ClN3O4/c1-9(2)13-6-14(18-24-13)20-15(22)8-19(16(20)23)7-10-5-11(17)3-4-12(10)21/h3-6,9,21H,7-8H2,1-2H3. The number of halogens is 1. The smallest absolute Gasteiger partial charge is 0.333 e. The van der Waals surface area contributed by atoms with Gasteiger partial charge in [0.2, 0.25) is 0 Å². The number of anilines is 1. The van der Waals surface area contributed by atoms with E-state index in [2.05, 4.69) is 5.16 Å². The van der Waals surface area contributed by atoms with Crippen molar-refractivity contribution in [3.63, 3.8) is 0 Å². The van der Waals surface area contributed by atoms with Gasteiger partial charge in [-0.05, 0) is 18.2 Å². The number of urea groups is 1. The Hall–Kier alpha value is -2.54. The molecule has 1 saturated heterocycles. The van der Waals surface area contributed by atoms with E-state index >= 15 is 0 Å². The van der Waals surface area contributed by atoms with Gasteiger partial charge in [-0.2, -0.15) is 0 Å². The first-order valence-electron chi connectivity index (χ1n) is 7.42. The van der Waals surface area contributed by atoms with Gasteiger partial charge in [-0.15, -0.1) is 0 Å². The van der Waals surface area contributed by atoms with Gasteiger partial charge in [-0.1, -0.05) is 30.6 Å². The molecule has 1 fully saturated rings. The highest BCUT2D eigenvalue weighted by molar-refractivity contribution is 6.30. The predicted octanol–water partition coefficient (Wildman–Crippen LogP) is 3.13. The molecule has 1 N–H and O–H groups in total. The van der Waals surface area contributed by atoms with Gasteiger partial charge in [-0.3, -0.25) is 4.79 Å². The van der Waals surface area contributed by atoms with Crippen molar-refractivity contribution in [1.29, 1.82) is 0 Å². The van der Waals surface area contributed by atoms with Crippen molar-refractivity contribution in [1.82, 2.24) is 10.1 Å². The molecule has 0 spiro atoms. The van der Waals surface area contributed by atoms with Crippen LogP contribution >= 0.6 is 11.6 Å². The first-order valence-corrected chi connectivity index (χ1v) is 7.80. The Kier molecular flexibility index (Phi) is 4.19. The number of rotatable bonds is 4. The molecule has 1 aliphatic heterocycles. The number of aromatic hydroxyl groups is 1. The van der Waals surface area contributed by atoms with Crippen LogP contribution in [0.25, 0.3) is 0 Å². The molecule has 3 amide bonds. The van der Waals surface area contributed by atoms with Gasteiger partial charge in [0, 0.05) is 22.6 Å². The van der Waals surface area contributed by atoms with Gasteiger partial charge in [0.15, 0.2) is 5.82 Å². The Morgan fingerprint density at radius 2 is 2.08 bits per heavy atom. The Morgan fingerprint density at radius 3 is 2.75 bits per heavy atom. The zero-order valence-electron chi connectivity index (χ0n) is 13.2. The van der Waals surface area contributed by atoms with Crippen LogP contribution in [0.1, 0.15) is 31.1 Å². The molecule has 0 bridgehead atoms. The highest BCUT2D eigenvalue weighted by Gasteiger charge is 2.39. The Morgan fingerprint density at radius 1 is 1.33 bits per heavy atom. The number of benzene rings is 1. The molecule has 2 heterocycles. The second-order valence-corrected chi connectivity index (χ2v) is 6.32. The van der Waals surface area contributed by atoms with Crippen LogP contribution in [0, 0.1) is 0 Å². The number of hydrogen-bond donors (Lipinski definition) is 1. The minimum atomic E-state index is -0.511. The van der Waals surface area contributed by atoms with Crippen LogP contribution in [0.3, 0.4) is 0 Å². The van der Waals surface area contributed by atoms with Crippen molar-refractivity contribution in [3.05, 3.63) is 40.6 Å². The fourth-order valence-corrected chi connectivity index (χ4v) is 2.64. The third-order valence-corrected chi connectivity index (χ3v) is 3.99. The number of carbonyl (C=O) groups is 2. The maximum Gasteiger partial charge on any atom is 0.333 e. The van der Waals surface area contributed by atoms with Crippen LogP contribution in [0.15, 0.2) is 28.8 Å². The maximum atomic E-state index is 12.5. The normalized spacial score (nSPS) is 15.0. The summed E-state index contributed by atoms with van der Waals surface area (Å²) >= 11 is 5.91. The van der Waals surface area contributed by atoms with E-state index in [0.717, 1.165) is 4.90 Å². The van der Waals surface area contributed by atoms with Gasteiger partial charge in [0.05, 0.1) is 6.54 Å². The number of hydrogen-bond acceptors (Lipinski definition) is 5. The molecule has 3 rings (SSSR count). The average Bonchev–Trinajstić information content (AvgIpc) is 3.09. The summed E-state index contributed by atoms with van der Waals surface area (Å²) in [6.45, 7) is 3.81. The van der Waals surface area contributed by atoms with Gasteiger partial charge >= 0.3 is 6.03 Å². The molecule has 1 aromatic carbocycles. The fraction of sp³-hybridized carbons (Fsp3) is 0.312. The molecule has 126 valence electrons. The molecule has 24 heavy (non-hydrogen) atoms. The van der Waals surface area contributed by atoms with Crippen molar-refractivity contribution in [2.45, 2.75) is 26.3 Å². The van der Waals surface area contributed by atoms with E-state index in [-0.39, 0.29) is 30.6 Å². The van der Waals surface area contributed by atoms with Crippen LogP contribution in [-0.2, 0) is 11.3 Å². The van der Waals surface area contributed by atoms with Crippen LogP contribution in [0.5, 0.6) is 5.75 Å². The molecule has 0 aliphatic carbocycles. The lowest BCUT2D eigenvalue weighted by atomic mass is 10.1. The van der Waals surface area contributed by atoms with E-state index in [1.165, 1.54) is 11.0 Å². The maximum absolute atomic E-state index is 12.5. The summed E-state index contributed by atoms with van der Waals surface area (Å²) in [6.07, 6.45) is 0. The summed E-state index contributed by atoms with van der Waals surface area (Å²) in [4.78, 5) is 27.0. The number of carbonyl (C=O) groups excluding carboxylic acids is 2. The molecule has 0 atom stereocenters. The molecule has 1 aliphatic rings. The highest BCUT2D eigenvalue weighted by Crippen LogP contribution is 2.28. The van der Waals surface area contributed by atoms with E-state index < -0.39 is 11.9 Å². The summed E-state index contributed by atoms with van der Waals surface area (Å²) in [7, 11) is 0. The van der Waals surface area contributed by atoms with E-state index in [1.807, 2.05) is 13.8 Å². The monoisotopic (exact) mass is 349 g/mol. The number of amides is 3. The molecular formula is C16H16ClN3O4. The van der Waals surface area contributed by atoms with Gasteiger partial charge in [0.25, 0.3) is 5.91 Å². The molecule has 0 unspecified atom stereocenters. The summed E-state index contributed by atoms with van der Waals surface area (Å²) < 4.78 is 5.15. The van der Waals surface area contributed by atoms with E-state index in [9.17, 15) is 14.7 Å². The zero-order valence-corrected chi connectivity index (χ0v) is 13.9. The molecule has 1 aromatic heterocycles. The molecule has 7 nitrogen and oxygen atoms in total. The summed E-state index contributed by atoms with van der Waals surface area (Å²) in [5.41, 5.74) is 0.466. The number of phenolic OH excluding ortho intramolecular Hbond substituents is 1. The molecule has 0 radical (unpaired) electrons. The molecule has 8 heteroatoms. The summed E-state index contributed by atoms with van der Waals surface area (Å²) in [5, 5.41) is 14.1. The highest BCUT2D eigenvalue weighted by atomic mass is 35.5. The summed E-state index contributed by atoms with van der Waals surface area (Å²) in [6, 6.07) is 5.63.